The van der Waals surface area contributed by atoms with Crippen LogP contribution in [0.15, 0.2) is 24.3 Å². The number of carbonyl (C=O) groups excluding carboxylic acids is 1. The highest BCUT2D eigenvalue weighted by atomic mass is 16.2. The third-order valence-electron chi connectivity index (χ3n) is 3.23. The van der Waals surface area contributed by atoms with Gasteiger partial charge in [0.15, 0.2) is 0 Å². The van der Waals surface area contributed by atoms with Crippen LogP contribution in [0.5, 0.6) is 0 Å². The standard InChI is InChI=1S/C14H20N2O/c1-3-15-13-5-4-10-16(14(13)17)12-8-6-11(2)7-9-12/h6-9,13,15H,3-5,10H2,1-2H3. The van der Waals surface area contributed by atoms with Gasteiger partial charge in [-0.15, -0.1) is 0 Å². The zero-order valence-corrected chi connectivity index (χ0v) is 10.6. The third-order valence-corrected chi connectivity index (χ3v) is 3.23. The Balaban J connectivity index is 2.14. The van der Waals surface area contributed by atoms with E-state index in [1.807, 2.05) is 24.0 Å². The summed E-state index contributed by atoms with van der Waals surface area (Å²) in [6.45, 7) is 5.78. The number of aryl methyl sites for hydroxylation is 1. The largest absolute Gasteiger partial charge is 0.311 e. The van der Waals surface area contributed by atoms with Crippen LogP contribution in [0.1, 0.15) is 25.3 Å². The fourth-order valence-electron chi connectivity index (χ4n) is 2.29. The van der Waals surface area contributed by atoms with Crippen LogP contribution in [0.3, 0.4) is 0 Å². The first-order valence-electron chi connectivity index (χ1n) is 6.34. The number of hydrogen-bond donors (Lipinski definition) is 1. The molecule has 1 fully saturated rings. The number of hydrogen-bond acceptors (Lipinski definition) is 2. The number of likely N-dealkylation sites (N-methyl/N-ethyl adjacent to an activating group) is 1. The molecule has 0 saturated carbocycles. The number of nitrogens with zero attached hydrogens (tertiary/aromatic N) is 1. The first kappa shape index (κ1) is 12.1. The molecule has 1 N–H and O–H groups in total. The molecule has 1 unspecified atom stereocenters. The van der Waals surface area contributed by atoms with Crippen molar-refractivity contribution >= 4 is 11.6 Å². The second kappa shape index (κ2) is 5.32. The van der Waals surface area contributed by atoms with Gasteiger partial charge < -0.3 is 10.2 Å². The van der Waals surface area contributed by atoms with Gasteiger partial charge in [0.05, 0.1) is 6.04 Å². The lowest BCUT2D eigenvalue weighted by Crippen LogP contribution is -2.50. The summed E-state index contributed by atoms with van der Waals surface area (Å²) in [5.41, 5.74) is 2.24. The molecule has 0 bridgehead atoms. The van der Waals surface area contributed by atoms with Crippen LogP contribution in [0, 0.1) is 6.92 Å². The summed E-state index contributed by atoms with van der Waals surface area (Å²) in [5, 5.41) is 3.25. The lowest BCUT2D eigenvalue weighted by Gasteiger charge is -2.32. The van der Waals surface area contributed by atoms with E-state index in [0.29, 0.717) is 0 Å². The molecule has 1 saturated heterocycles. The Hall–Kier alpha value is -1.35. The van der Waals surface area contributed by atoms with Crippen LogP contribution in [0.25, 0.3) is 0 Å². The average molecular weight is 232 g/mol. The van der Waals surface area contributed by atoms with Gasteiger partial charge in [-0.25, -0.2) is 0 Å². The minimum absolute atomic E-state index is 0.00458. The van der Waals surface area contributed by atoms with Gasteiger partial charge in [-0.3, -0.25) is 4.79 Å². The molecule has 92 valence electrons. The Bertz CT molecular complexity index is 384. The fourth-order valence-corrected chi connectivity index (χ4v) is 2.29. The molecule has 0 aromatic heterocycles. The number of amides is 1. The van der Waals surface area contributed by atoms with E-state index >= 15 is 0 Å². The van der Waals surface area contributed by atoms with Crippen molar-refractivity contribution in [2.24, 2.45) is 0 Å². The van der Waals surface area contributed by atoms with Gasteiger partial charge in [-0.1, -0.05) is 24.6 Å². The van der Waals surface area contributed by atoms with Crippen molar-refractivity contribution in [3.63, 3.8) is 0 Å². The Morgan fingerprint density at radius 1 is 1.35 bits per heavy atom. The summed E-state index contributed by atoms with van der Waals surface area (Å²) in [4.78, 5) is 14.2. The van der Waals surface area contributed by atoms with E-state index in [2.05, 4.69) is 24.4 Å². The molecule has 1 atom stereocenters. The maximum absolute atomic E-state index is 12.3. The van der Waals surface area contributed by atoms with Crippen molar-refractivity contribution in [3.05, 3.63) is 29.8 Å². The minimum Gasteiger partial charge on any atom is -0.311 e. The van der Waals surface area contributed by atoms with Gasteiger partial charge >= 0.3 is 0 Å². The monoisotopic (exact) mass is 232 g/mol. The first-order chi connectivity index (χ1) is 8.22. The van der Waals surface area contributed by atoms with Crippen LogP contribution in [0.4, 0.5) is 5.69 Å². The summed E-state index contributed by atoms with van der Waals surface area (Å²) in [6.07, 6.45) is 2.02. The Morgan fingerprint density at radius 3 is 2.71 bits per heavy atom. The van der Waals surface area contributed by atoms with E-state index in [0.717, 1.165) is 31.6 Å². The zero-order chi connectivity index (χ0) is 12.3. The quantitative estimate of drug-likeness (QED) is 0.865. The fraction of sp³-hybridized carbons (Fsp3) is 0.500. The number of benzene rings is 1. The van der Waals surface area contributed by atoms with Gasteiger partial charge in [-0.05, 0) is 38.4 Å². The van der Waals surface area contributed by atoms with Crippen LogP contribution in [-0.4, -0.2) is 25.0 Å². The molecule has 17 heavy (non-hydrogen) atoms. The normalized spacial score (nSPS) is 20.7. The van der Waals surface area contributed by atoms with Gasteiger partial charge in [0.25, 0.3) is 0 Å². The molecule has 0 spiro atoms. The van der Waals surface area contributed by atoms with E-state index in [4.69, 9.17) is 0 Å². The van der Waals surface area contributed by atoms with Crippen molar-refractivity contribution in [3.8, 4) is 0 Å². The van der Waals surface area contributed by atoms with Crippen LogP contribution in [-0.2, 0) is 4.79 Å². The molecule has 0 radical (unpaired) electrons. The van der Waals surface area contributed by atoms with Crippen LogP contribution in [0.2, 0.25) is 0 Å². The predicted molar refractivity (Wildman–Crippen MR) is 70.2 cm³/mol. The Labute approximate surface area is 103 Å². The van der Waals surface area contributed by atoms with Crippen molar-refractivity contribution in [1.29, 1.82) is 0 Å². The highest BCUT2D eigenvalue weighted by Crippen LogP contribution is 2.21. The highest BCUT2D eigenvalue weighted by Gasteiger charge is 2.28. The maximum Gasteiger partial charge on any atom is 0.244 e. The molecule has 1 aliphatic rings. The molecule has 3 nitrogen and oxygen atoms in total. The van der Waals surface area contributed by atoms with E-state index < -0.39 is 0 Å². The molecular weight excluding hydrogens is 212 g/mol. The molecule has 1 aromatic rings. The maximum atomic E-state index is 12.3. The zero-order valence-electron chi connectivity index (χ0n) is 10.6. The van der Waals surface area contributed by atoms with Gasteiger partial charge in [-0.2, -0.15) is 0 Å². The van der Waals surface area contributed by atoms with E-state index in [9.17, 15) is 4.79 Å². The van der Waals surface area contributed by atoms with E-state index in [-0.39, 0.29) is 11.9 Å². The average Bonchev–Trinajstić information content (AvgIpc) is 2.34. The van der Waals surface area contributed by atoms with Crippen molar-refractivity contribution < 1.29 is 4.79 Å². The summed E-state index contributed by atoms with van der Waals surface area (Å²) in [6, 6.07) is 8.16. The molecule has 1 amide bonds. The SMILES string of the molecule is CCNC1CCCN(c2ccc(C)cc2)C1=O. The van der Waals surface area contributed by atoms with Crippen molar-refractivity contribution in [2.75, 3.05) is 18.0 Å². The van der Waals surface area contributed by atoms with E-state index in [1.165, 1.54) is 5.56 Å². The van der Waals surface area contributed by atoms with Gasteiger partial charge in [0, 0.05) is 12.2 Å². The molecule has 1 aliphatic heterocycles. The lowest BCUT2D eigenvalue weighted by atomic mass is 10.0. The summed E-state index contributed by atoms with van der Waals surface area (Å²) in [5.74, 6) is 0.210. The summed E-state index contributed by atoms with van der Waals surface area (Å²) >= 11 is 0. The predicted octanol–water partition coefficient (Wildman–Crippen LogP) is 2.10. The van der Waals surface area contributed by atoms with Crippen molar-refractivity contribution in [1.82, 2.24) is 5.32 Å². The molecule has 2 rings (SSSR count). The summed E-state index contributed by atoms with van der Waals surface area (Å²) < 4.78 is 0. The number of nitrogens with one attached hydrogen (secondary N) is 1. The lowest BCUT2D eigenvalue weighted by molar-refractivity contribution is -0.121. The second-order valence-electron chi connectivity index (χ2n) is 4.58. The van der Waals surface area contributed by atoms with Gasteiger partial charge in [0.2, 0.25) is 5.91 Å². The Kier molecular flexibility index (Phi) is 3.79. The minimum atomic E-state index is -0.00458. The van der Waals surface area contributed by atoms with E-state index in [1.54, 1.807) is 0 Å². The number of rotatable bonds is 3. The second-order valence-corrected chi connectivity index (χ2v) is 4.58. The first-order valence-corrected chi connectivity index (χ1v) is 6.34. The highest BCUT2D eigenvalue weighted by molar-refractivity contribution is 5.97. The van der Waals surface area contributed by atoms with Crippen LogP contribution >= 0.6 is 0 Å². The van der Waals surface area contributed by atoms with Crippen molar-refractivity contribution in [2.45, 2.75) is 32.7 Å². The third kappa shape index (κ3) is 2.67. The topological polar surface area (TPSA) is 32.3 Å². The number of carbonyl (C=O) groups is 1. The molecule has 3 heteroatoms. The number of anilines is 1. The summed E-state index contributed by atoms with van der Waals surface area (Å²) in [7, 11) is 0. The molecular formula is C14H20N2O. The molecule has 1 aromatic carbocycles. The molecule has 1 heterocycles. The Morgan fingerprint density at radius 2 is 2.06 bits per heavy atom. The van der Waals surface area contributed by atoms with Crippen LogP contribution < -0.4 is 10.2 Å². The van der Waals surface area contributed by atoms with Gasteiger partial charge in [0.1, 0.15) is 0 Å². The molecule has 0 aliphatic carbocycles. The number of piperidine rings is 1. The smallest absolute Gasteiger partial charge is 0.244 e.